The molecular weight excluding hydrogens is 1120 g/mol. The van der Waals surface area contributed by atoms with Crippen LogP contribution in [0.3, 0.4) is 0 Å². The molecule has 0 saturated heterocycles. The Bertz CT molecular complexity index is 5390. The second-order valence-electron chi connectivity index (χ2n) is 23.1. The largest absolute Gasteiger partial charge is 0.380 e. The Morgan fingerprint density at radius 3 is 1.10 bits per heavy atom. The number of nitriles is 1. The first-order valence-corrected chi connectivity index (χ1v) is 30.8. The fraction of sp³-hybridized carbons (Fsp3) is 0.0380. The van der Waals surface area contributed by atoms with E-state index in [2.05, 4.69) is 246 Å². The summed E-state index contributed by atoms with van der Waals surface area (Å²) < 4.78 is 7.50. The lowest BCUT2D eigenvalue weighted by Gasteiger charge is -2.42. The monoisotopic (exact) mass is 1170 g/mol. The van der Waals surface area contributed by atoms with Gasteiger partial charge in [0.05, 0.1) is 56.1 Å². The molecule has 424 valence electrons. The van der Waals surface area contributed by atoms with Crippen molar-refractivity contribution in [3.8, 4) is 57.3 Å². The van der Waals surface area contributed by atoms with Crippen LogP contribution in [0.2, 0.25) is 0 Å². The Balaban J connectivity index is 0.00000321. The van der Waals surface area contributed by atoms with E-state index in [1.165, 1.54) is 27.9 Å². The van der Waals surface area contributed by atoms with Crippen LogP contribution in [-0.4, -0.2) is 36.6 Å². The van der Waals surface area contributed by atoms with Gasteiger partial charge in [-0.3, -0.25) is 0 Å². The Morgan fingerprint density at radius 2 is 0.689 bits per heavy atom. The van der Waals surface area contributed by atoms with Crippen molar-refractivity contribution in [1.29, 1.82) is 5.26 Å². The second-order valence-corrected chi connectivity index (χ2v) is 24.2. The first kappa shape index (κ1) is 54.1. The standard InChI is InChI=1S/C79H52N8S.BH2N/c1-79(2)63-26-12-17-31-68(63)84(69-32-18-13-27-64(69)79)54-39-41-56(42-40-54)86-66-29-15-10-24-61(66)70-73-71(75-72(74(70)86)62-25-11-16-30-67(62)87(75)57-43-47-59(48-44-57)88-58-45-33-50(49-80)34-46-58)60-23-9-14-28-65(60)85(73)55-37-35-53(36-38-55)78-82-76(51-19-5-3-6-20-51)81-77(83-78)52-21-7-4-8-22-52;1-2/h3-48H,1-2H3;2H2. The lowest BCUT2D eigenvalue weighted by Crippen LogP contribution is -2.30. The summed E-state index contributed by atoms with van der Waals surface area (Å²) in [6.07, 6.45) is 0. The maximum absolute atomic E-state index is 9.52. The van der Waals surface area contributed by atoms with Gasteiger partial charge in [0.15, 0.2) is 25.5 Å². The molecule has 12 aromatic carbocycles. The quantitative estimate of drug-likeness (QED) is 0.144. The van der Waals surface area contributed by atoms with Crippen LogP contribution in [0.5, 0.6) is 0 Å². The summed E-state index contributed by atoms with van der Waals surface area (Å²) in [7, 11) is 4.00. The molecule has 2 N–H and O–H groups in total. The molecule has 0 aliphatic carbocycles. The predicted octanol–water partition coefficient (Wildman–Crippen LogP) is 19.3. The van der Waals surface area contributed by atoms with Crippen molar-refractivity contribution < 1.29 is 0 Å². The van der Waals surface area contributed by atoms with Crippen molar-refractivity contribution in [2.24, 2.45) is 5.64 Å². The molecule has 0 bridgehead atoms. The Hall–Kier alpha value is -11.3. The highest BCUT2D eigenvalue weighted by atomic mass is 32.2. The fourth-order valence-electron chi connectivity index (χ4n) is 13.7. The number of nitrogens with two attached hydrogens (primary N) is 1. The van der Waals surface area contributed by atoms with Crippen LogP contribution in [0.4, 0.5) is 17.1 Å². The molecule has 16 aromatic rings. The average molecular weight is 1170 g/mol. The molecule has 1 aliphatic rings. The number of nitrogens with zero attached hydrogens (tertiary/aromatic N) is 8. The molecule has 0 fully saturated rings. The van der Waals surface area contributed by atoms with Gasteiger partial charge in [0.2, 0.25) is 0 Å². The van der Waals surface area contributed by atoms with E-state index in [1.54, 1.807) is 11.8 Å². The number of para-hydroxylation sites is 5. The average Bonchev–Trinajstić information content (AvgIpc) is 1.50. The van der Waals surface area contributed by atoms with E-state index in [1.807, 2.05) is 84.9 Å². The lowest BCUT2D eigenvalue weighted by molar-refractivity contribution is 0.632. The number of benzene rings is 12. The van der Waals surface area contributed by atoms with Gasteiger partial charge in [0, 0.05) is 87.0 Å². The van der Waals surface area contributed by atoms with Crippen molar-refractivity contribution in [2.45, 2.75) is 29.1 Å². The molecule has 11 heteroatoms. The summed E-state index contributed by atoms with van der Waals surface area (Å²) in [6, 6.07) is 102. The number of anilines is 3. The topological polar surface area (TPSA) is 107 Å². The molecule has 90 heavy (non-hydrogen) atoms. The number of hydrogen-bond acceptors (Lipinski definition) is 7. The Morgan fingerprint density at radius 1 is 0.367 bits per heavy atom. The van der Waals surface area contributed by atoms with E-state index in [0.717, 1.165) is 109 Å². The van der Waals surface area contributed by atoms with Crippen molar-refractivity contribution in [3.63, 3.8) is 0 Å². The van der Waals surface area contributed by atoms with Crippen LogP contribution in [0.15, 0.2) is 289 Å². The molecular formula is C79H54BN9S. The zero-order chi connectivity index (χ0) is 60.6. The second kappa shape index (κ2) is 21.8. The van der Waals surface area contributed by atoms with Gasteiger partial charge in [0.25, 0.3) is 0 Å². The van der Waals surface area contributed by atoms with Gasteiger partial charge in [-0.1, -0.05) is 177 Å². The minimum absolute atomic E-state index is 0.173. The highest BCUT2D eigenvalue weighted by Crippen LogP contribution is 2.54. The van der Waals surface area contributed by atoms with Crippen molar-refractivity contribution in [1.82, 2.24) is 28.7 Å². The molecule has 1 aliphatic heterocycles. The lowest BCUT2D eigenvalue weighted by atomic mass is 9.73. The SMILES string of the molecule is CC1(C)c2ccccc2N(c2ccc(-n3c4ccccc4c4c5c(c6ccccc6n5-c5ccc(-c6nc(-c7ccccc7)nc(-c7ccccc7)n6)cc5)c5c(c6ccccc6n5-c5ccc(Sc6ccc(C#N)cc6)cc5)c43)cc2)c2ccccc21.[B]N. The molecule has 2 radical (unpaired) electrons. The third-order valence-corrected chi connectivity index (χ3v) is 18.8. The minimum Gasteiger partial charge on any atom is -0.380 e. The molecule has 5 heterocycles. The third-order valence-electron chi connectivity index (χ3n) is 17.7. The summed E-state index contributed by atoms with van der Waals surface area (Å²) in [5, 5.41) is 16.5. The van der Waals surface area contributed by atoms with Crippen LogP contribution in [0.1, 0.15) is 30.5 Å². The van der Waals surface area contributed by atoms with Gasteiger partial charge in [-0.25, -0.2) is 15.0 Å². The smallest absolute Gasteiger partial charge is 0.174 e. The third kappa shape index (κ3) is 8.63. The number of hydrogen-bond donors (Lipinski definition) is 1. The zero-order valence-electron chi connectivity index (χ0n) is 49.2. The van der Waals surface area contributed by atoms with E-state index >= 15 is 0 Å². The first-order chi connectivity index (χ1) is 44.4. The van der Waals surface area contributed by atoms with Gasteiger partial charge in [0.1, 0.15) is 0 Å². The van der Waals surface area contributed by atoms with E-state index < -0.39 is 0 Å². The molecule has 0 spiro atoms. The number of aromatic nitrogens is 6. The molecule has 0 amide bonds. The zero-order valence-corrected chi connectivity index (χ0v) is 50.0. The maximum atomic E-state index is 9.52. The fourth-order valence-corrected chi connectivity index (χ4v) is 14.6. The molecule has 4 aromatic heterocycles. The van der Waals surface area contributed by atoms with Crippen LogP contribution in [0, 0.1) is 11.3 Å². The van der Waals surface area contributed by atoms with Crippen molar-refractivity contribution >= 4 is 102 Å². The summed E-state index contributed by atoms with van der Waals surface area (Å²) in [4.78, 5) is 19.9. The normalized spacial score (nSPS) is 12.5. The first-order valence-electron chi connectivity index (χ1n) is 30.0. The van der Waals surface area contributed by atoms with Crippen molar-refractivity contribution in [3.05, 3.63) is 296 Å². The van der Waals surface area contributed by atoms with E-state index in [9.17, 15) is 5.26 Å². The summed E-state index contributed by atoms with van der Waals surface area (Å²) in [6.45, 7) is 4.68. The number of rotatable bonds is 9. The van der Waals surface area contributed by atoms with Gasteiger partial charge in [-0.05, 0) is 139 Å². The molecule has 0 saturated carbocycles. The van der Waals surface area contributed by atoms with Crippen LogP contribution in [-0.2, 0) is 5.41 Å². The van der Waals surface area contributed by atoms with Gasteiger partial charge in [-0.15, -0.1) is 0 Å². The van der Waals surface area contributed by atoms with Crippen LogP contribution >= 0.6 is 11.8 Å². The van der Waals surface area contributed by atoms with Crippen LogP contribution < -0.4 is 10.5 Å². The molecule has 9 nitrogen and oxygen atoms in total. The predicted molar refractivity (Wildman–Crippen MR) is 371 cm³/mol. The highest BCUT2D eigenvalue weighted by molar-refractivity contribution is 7.99. The summed E-state index contributed by atoms with van der Waals surface area (Å²) >= 11 is 1.69. The minimum atomic E-state index is -0.173. The molecule has 17 rings (SSSR count). The Kier molecular flexibility index (Phi) is 13.1. The van der Waals surface area contributed by atoms with Crippen LogP contribution in [0.25, 0.3) is 117 Å². The van der Waals surface area contributed by atoms with E-state index in [4.69, 9.17) is 15.0 Å². The van der Waals surface area contributed by atoms with E-state index in [0.29, 0.717) is 23.0 Å². The summed E-state index contributed by atoms with van der Waals surface area (Å²) in [5.41, 5.74) is 23.1. The van der Waals surface area contributed by atoms with Gasteiger partial charge in [-0.2, -0.15) is 5.26 Å². The maximum Gasteiger partial charge on any atom is 0.174 e. The van der Waals surface area contributed by atoms with Gasteiger partial charge < -0.3 is 24.2 Å². The molecule has 0 atom stereocenters. The number of fused-ring (bicyclic) bond motifs is 14. The van der Waals surface area contributed by atoms with Crippen molar-refractivity contribution in [2.75, 3.05) is 4.90 Å². The Labute approximate surface area is 525 Å². The molecule has 0 unspecified atom stereocenters. The summed E-state index contributed by atoms with van der Waals surface area (Å²) in [5.74, 6) is 1.84. The highest BCUT2D eigenvalue weighted by Gasteiger charge is 2.37. The van der Waals surface area contributed by atoms with Gasteiger partial charge >= 0.3 is 0 Å². The van der Waals surface area contributed by atoms with E-state index in [-0.39, 0.29) is 5.41 Å².